The molecule has 0 saturated heterocycles. The van der Waals surface area contributed by atoms with Crippen molar-refractivity contribution in [2.75, 3.05) is 4.90 Å². The van der Waals surface area contributed by atoms with Gasteiger partial charge in [-0.2, -0.15) is 0 Å². The smallest absolute Gasteiger partial charge is 0.0714 e. The van der Waals surface area contributed by atoms with Crippen molar-refractivity contribution in [2.45, 2.75) is 5.41 Å². The van der Waals surface area contributed by atoms with Crippen molar-refractivity contribution in [3.05, 3.63) is 301 Å². The maximum atomic E-state index is 2.45. The van der Waals surface area contributed by atoms with E-state index < -0.39 is 5.41 Å². The molecule has 0 radical (unpaired) electrons. The summed E-state index contributed by atoms with van der Waals surface area (Å²) < 4.78 is 2.41. The number of fused-ring (bicyclic) bond motifs is 6. The molecular weight excluding hydrogens is 833 g/mol. The van der Waals surface area contributed by atoms with E-state index in [1.807, 2.05) is 0 Å². The highest BCUT2D eigenvalue weighted by molar-refractivity contribution is 6.10. The van der Waals surface area contributed by atoms with Gasteiger partial charge in [0.05, 0.1) is 16.4 Å². The number of benzene rings is 11. The first-order chi connectivity index (χ1) is 34.2. The fourth-order valence-corrected chi connectivity index (χ4v) is 11.2. The average molecular weight is 879 g/mol. The highest BCUT2D eigenvalue weighted by atomic mass is 15.1. The highest BCUT2D eigenvalue weighted by Crippen LogP contribution is 2.57. The van der Waals surface area contributed by atoms with Gasteiger partial charge in [0.25, 0.3) is 0 Å². The van der Waals surface area contributed by atoms with Crippen molar-refractivity contribution < 1.29 is 0 Å². The van der Waals surface area contributed by atoms with Crippen LogP contribution in [0, 0.1) is 0 Å². The Morgan fingerprint density at radius 2 is 0.768 bits per heavy atom. The summed E-state index contributed by atoms with van der Waals surface area (Å²) in [6.07, 6.45) is 0. The standard InChI is InChI=1S/C67H46N2/c1-5-19-47(20-6-1)48-35-38-56(39-36-48)69-65-34-16-14-32-61(65)62-41-37-52(45-66(62)69)50-22-17-21-49(43-50)51-23-18-30-57(44-51)68(55-28-11-4-12-29-55)58-40-42-60-59-31-13-15-33-63(59)67(64(60)46-58,53-24-7-2-8-25-53)54-26-9-3-10-27-54/h1-46H. The summed E-state index contributed by atoms with van der Waals surface area (Å²) in [5.74, 6) is 0. The Morgan fingerprint density at radius 1 is 0.275 bits per heavy atom. The molecule has 1 aromatic heterocycles. The van der Waals surface area contributed by atoms with Crippen LogP contribution >= 0.6 is 0 Å². The molecule has 0 N–H and O–H groups in total. The van der Waals surface area contributed by atoms with Gasteiger partial charge in [-0.15, -0.1) is 0 Å². The summed E-state index contributed by atoms with van der Waals surface area (Å²) in [5.41, 5.74) is 21.1. The molecule has 324 valence electrons. The van der Waals surface area contributed by atoms with Crippen molar-refractivity contribution in [3.8, 4) is 50.2 Å². The molecule has 0 aliphatic heterocycles. The SMILES string of the molecule is c1ccc(-c2ccc(-n3c4ccccc4c4ccc(-c5cccc(-c6cccc(N(c7ccccc7)c7ccc8c(c7)C(c7ccccc7)(c7ccccc7)c7ccccc7-8)c6)c5)cc43)cc2)cc1. The summed E-state index contributed by atoms with van der Waals surface area (Å²) in [6.45, 7) is 0. The zero-order chi connectivity index (χ0) is 45.7. The molecule has 69 heavy (non-hydrogen) atoms. The third kappa shape index (κ3) is 6.72. The van der Waals surface area contributed by atoms with Gasteiger partial charge in [0.2, 0.25) is 0 Å². The van der Waals surface area contributed by atoms with Gasteiger partial charge in [-0.1, -0.05) is 212 Å². The predicted molar refractivity (Wildman–Crippen MR) is 289 cm³/mol. The number of anilines is 3. The number of rotatable bonds is 9. The molecule has 12 aromatic rings. The van der Waals surface area contributed by atoms with Crippen LogP contribution in [0.15, 0.2) is 279 Å². The lowest BCUT2D eigenvalue weighted by Crippen LogP contribution is -2.28. The molecular formula is C67H46N2. The lowest BCUT2D eigenvalue weighted by atomic mass is 9.67. The largest absolute Gasteiger partial charge is 0.310 e. The fraction of sp³-hybridized carbons (Fsp3) is 0.0149. The number of hydrogen-bond acceptors (Lipinski definition) is 1. The zero-order valence-corrected chi connectivity index (χ0v) is 38.0. The normalized spacial score (nSPS) is 12.5. The van der Waals surface area contributed by atoms with E-state index in [4.69, 9.17) is 0 Å². The number of hydrogen-bond donors (Lipinski definition) is 0. The van der Waals surface area contributed by atoms with E-state index >= 15 is 0 Å². The minimum absolute atomic E-state index is 0.501. The molecule has 1 aliphatic rings. The number of aromatic nitrogens is 1. The Bertz CT molecular complexity index is 3780. The van der Waals surface area contributed by atoms with E-state index in [2.05, 4.69) is 289 Å². The second-order valence-electron chi connectivity index (χ2n) is 18.1. The molecule has 11 aromatic carbocycles. The third-order valence-corrected chi connectivity index (χ3v) is 14.3. The lowest BCUT2D eigenvalue weighted by molar-refractivity contribution is 0.768. The van der Waals surface area contributed by atoms with Gasteiger partial charge in [0.1, 0.15) is 0 Å². The van der Waals surface area contributed by atoms with Crippen LogP contribution in [0.25, 0.3) is 72.0 Å². The van der Waals surface area contributed by atoms with E-state index in [1.54, 1.807) is 0 Å². The molecule has 2 heteroatoms. The van der Waals surface area contributed by atoms with E-state index in [0.29, 0.717) is 0 Å². The molecule has 0 spiro atoms. The second kappa shape index (κ2) is 16.7. The molecule has 2 nitrogen and oxygen atoms in total. The predicted octanol–water partition coefficient (Wildman–Crippen LogP) is 17.6. The van der Waals surface area contributed by atoms with Crippen molar-refractivity contribution in [1.82, 2.24) is 4.57 Å². The summed E-state index contributed by atoms with van der Waals surface area (Å²) in [5, 5.41) is 2.49. The van der Waals surface area contributed by atoms with Crippen LogP contribution in [0.3, 0.4) is 0 Å². The molecule has 1 heterocycles. The van der Waals surface area contributed by atoms with E-state index in [1.165, 1.54) is 77.4 Å². The minimum atomic E-state index is -0.501. The molecule has 0 saturated carbocycles. The molecule has 1 aliphatic carbocycles. The Kier molecular flexibility index (Phi) is 9.77. The topological polar surface area (TPSA) is 8.17 Å². The van der Waals surface area contributed by atoms with Crippen molar-refractivity contribution in [2.24, 2.45) is 0 Å². The first-order valence-corrected chi connectivity index (χ1v) is 23.8. The average Bonchev–Trinajstić information content (AvgIpc) is 3.92. The van der Waals surface area contributed by atoms with E-state index in [-0.39, 0.29) is 0 Å². The van der Waals surface area contributed by atoms with Crippen LogP contribution in [-0.4, -0.2) is 4.57 Å². The van der Waals surface area contributed by atoms with Gasteiger partial charge in [-0.3, -0.25) is 0 Å². The molecule has 0 unspecified atom stereocenters. The van der Waals surface area contributed by atoms with Crippen LogP contribution in [-0.2, 0) is 5.41 Å². The van der Waals surface area contributed by atoms with Crippen molar-refractivity contribution in [3.63, 3.8) is 0 Å². The minimum Gasteiger partial charge on any atom is -0.310 e. The Hall–Kier alpha value is -8.98. The summed E-state index contributed by atoms with van der Waals surface area (Å²) >= 11 is 0. The van der Waals surface area contributed by atoms with Crippen LogP contribution in [0.4, 0.5) is 17.1 Å². The number of para-hydroxylation sites is 2. The van der Waals surface area contributed by atoms with Crippen LogP contribution in [0.1, 0.15) is 22.3 Å². The van der Waals surface area contributed by atoms with E-state index in [9.17, 15) is 0 Å². The van der Waals surface area contributed by atoms with Crippen LogP contribution in [0.2, 0.25) is 0 Å². The second-order valence-corrected chi connectivity index (χ2v) is 18.1. The quantitative estimate of drug-likeness (QED) is 0.140. The molecule has 0 fully saturated rings. The Labute approximate surface area is 403 Å². The van der Waals surface area contributed by atoms with Gasteiger partial charge < -0.3 is 9.47 Å². The van der Waals surface area contributed by atoms with E-state index in [0.717, 1.165) is 33.9 Å². The highest BCUT2D eigenvalue weighted by Gasteiger charge is 2.46. The van der Waals surface area contributed by atoms with Crippen molar-refractivity contribution >= 4 is 38.9 Å². The molecule has 0 atom stereocenters. The summed E-state index contributed by atoms with van der Waals surface area (Å²) in [7, 11) is 0. The summed E-state index contributed by atoms with van der Waals surface area (Å²) in [6, 6.07) is 102. The lowest BCUT2D eigenvalue weighted by Gasteiger charge is -2.35. The van der Waals surface area contributed by atoms with Gasteiger partial charge in [0.15, 0.2) is 0 Å². The molecule has 0 amide bonds. The zero-order valence-electron chi connectivity index (χ0n) is 38.0. The van der Waals surface area contributed by atoms with Gasteiger partial charge in [-0.25, -0.2) is 0 Å². The number of nitrogens with zero attached hydrogens (tertiary/aromatic N) is 2. The first-order valence-electron chi connectivity index (χ1n) is 23.8. The Morgan fingerprint density at radius 3 is 1.49 bits per heavy atom. The summed E-state index contributed by atoms with van der Waals surface area (Å²) in [4.78, 5) is 2.41. The van der Waals surface area contributed by atoms with Gasteiger partial charge in [-0.05, 0) is 133 Å². The fourth-order valence-electron chi connectivity index (χ4n) is 11.2. The Balaban J connectivity index is 0.914. The maximum absolute atomic E-state index is 2.45. The molecule has 0 bridgehead atoms. The first kappa shape index (κ1) is 40.3. The maximum Gasteiger partial charge on any atom is 0.0714 e. The third-order valence-electron chi connectivity index (χ3n) is 14.3. The van der Waals surface area contributed by atoms with Crippen molar-refractivity contribution in [1.29, 1.82) is 0 Å². The van der Waals surface area contributed by atoms with Crippen LogP contribution in [0.5, 0.6) is 0 Å². The monoisotopic (exact) mass is 878 g/mol. The van der Waals surface area contributed by atoms with Gasteiger partial charge in [0, 0.05) is 33.5 Å². The molecule has 13 rings (SSSR count). The van der Waals surface area contributed by atoms with Gasteiger partial charge >= 0.3 is 0 Å². The van der Waals surface area contributed by atoms with Crippen LogP contribution < -0.4 is 4.90 Å².